The van der Waals surface area contributed by atoms with E-state index < -0.39 is 17.0 Å². The lowest BCUT2D eigenvalue weighted by molar-refractivity contribution is -0.138. The molecule has 0 amide bonds. The summed E-state index contributed by atoms with van der Waals surface area (Å²) >= 11 is 0.427. The molecule has 0 radical (unpaired) electrons. The van der Waals surface area contributed by atoms with Crippen LogP contribution in [0.15, 0.2) is 24.3 Å². The Morgan fingerprint density at radius 1 is 1.32 bits per heavy atom. The summed E-state index contributed by atoms with van der Waals surface area (Å²) in [6.45, 7) is 2.09. The van der Waals surface area contributed by atoms with Gasteiger partial charge in [-0.3, -0.25) is 0 Å². The van der Waals surface area contributed by atoms with Gasteiger partial charge in [0.05, 0.1) is 6.54 Å². The van der Waals surface area contributed by atoms with Crippen molar-refractivity contribution in [3.8, 4) is 5.75 Å². The molecule has 0 bridgehead atoms. The van der Waals surface area contributed by atoms with Crippen LogP contribution in [0.4, 0.5) is 22.7 Å². The van der Waals surface area contributed by atoms with Crippen molar-refractivity contribution in [1.82, 2.24) is 10.2 Å². The van der Waals surface area contributed by atoms with Gasteiger partial charge in [-0.2, -0.15) is 13.2 Å². The van der Waals surface area contributed by atoms with Gasteiger partial charge in [-0.1, -0.05) is 24.3 Å². The Kier molecular flexibility index (Phi) is 5.17. The van der Waals surface area contributed by atoms with E-state index in [1.54, 1.807) is 6.07 Å². The van der Waals surface area contributed by atoms with Crippen LogP contribution in [-0.2, 0) is 6.18 Å². The van der Waals surface area contributed by atoms with Gasteiger partial charge in [0, 0.05) is 6.07 Å². The number of halogens is 4. The summed E-state index contributed by atoms with van der Waals surface area (Å²) in [5.41, 5.74) is 0. The van der Waals surface area contributed by atoms with Crippen molar-refractivity contribution in [3.63, 3.8) is 0 Å². The van der Waals surface area contributed by atoms with E-state index in [9.17, 15) is 17.6 Å². The lowest BCUT2D eigenvalue weighted by atomic mass is 10.2. The van der Waals surface area contributed by atoms with E-state index in [-0.39, 0.29) is 17.8 Å². The predicted octanol–water partition coefficient (Wildman–Crippen LogP) is 3.97. The topological polar surface area (TPSA) is 47.0 Å². The van der Waals surface area contributed by atoms with E-state index in [1.165, 1.54) is 18.2 Å². The smallest absolute Gasteiger partial charge is 0.445 e. The highest BCUT2D eigenvalue weighted by Crippen LogP contribution is 2.33. The summed E-state index contributed by atoms with van der Waals surface area (Å²) in [5, 5.41) is 8.32. The van der Waals surface area contributed by atoms with Crippen LogP contribution in [0, 0.1) is 5.82 Å². The third-order valence-corrected chi connectivity index (χ3v) is 3.63. The average molecular weight is 335 g/mol. The van der Waals surface area contributed by atoms with Gasteiger partial charge >= 0.3 is 6.18 Å². The van der Waals surface area contributed by atoms with Crippen molar-refractivity contribution in [1.29, 1.82) is 0 Å². The van der Waals surface area contributed by atoms with Crippen molar-refractivity contribution in [2.24, 2.45) is 0 Å². The van der Waals surface area contributed by atoms with Crippen LogP contribution >= 0.6 is 11.3 Å². The van der Waals surface area contributed by atoms with Gasteiger partial charge in [0.1, 0.15) is 17.7 Å². The van der Waals surface area contributed by atoms with Crippen molar-refractivity contribution in [3.05, 3.63) is 35.1 Å². The molecule has 0 aliphatic heterocycles. The van der Waals surface area contributed by atoms with Crippen LogP contribution in [0.2, 0.25) is 0 Å². The Labute approximate surface area is 128 Å². The molecule has 1 aromatic carbocycles. The minimum atomic E-state index is -4.50. The highest BCUT2D eigenvalue weighted by Gasteiger charge is 2.35. The molecule has 22 heavy (non-hydrogen) atoms. The number of nitrogens with one attached hydrogen (secondary N) is 1. The largest absolute Gasteiger partial charge is 0.489 e. The highest BCUT2D eigenvalue weighted by molar-refractivity contribution is 7.15. The maximum Gasteiger partial charge on any atom is 0.445 e. The maximum atomic E-state index is 13.1. The molecule has 1 unspecified atom stereocenters. The van der Waals surface area contributed by atoms with Crippen molar-refractivity contribution >= 4 is 16.5 Å². The SMILES string of the molecule is CCC(CNc1nnc(C(F)(F)F)s1)Oc1cccc(F)c1. The second-order valence-corrected chi connectivity index (χ2v) is 5.37. The van der Waals surface area contributed by atoms with Gasteiger partial charge in [0.15, 0.2) is 0 Å². The maximum absolute atomic E-state index is 13.1. The normalized spacial score (nSPS) is 13.0. The molecule has 9 heteroatoms. The molecule has 1 atom stereocenters. The first-order chi connectivity index (χ1) is 10.4. The van der Waals surface area contributed by atoms with Crippen molar-refractivity contribution in [2.75, 3.05) is 11.9 Å². The van der Waals surface area contributed by atoms with E-state index >= 15 is 0 Å². The zero-order chi connectivity index (χ0) is 16.2. The standard InChI is InChI=1S/C13H13F4N3OS/c1-2-9(21-10-5-3-4-8(14)6-10)7-18-12-20-19-11(22-12)13(15,16)17/h3-6,9H,2,7H2,1H3,(H,18,20). The lowest BCUT2D eigenvalue weighted by Gasteiger charge is -2.17. The molecule has 0 spiro atoms. The lowest BCUT2D eigenvalue weighted by Crippen LogP contribution is -2.25. The van der Waals surface area contributed by atoms with E-state index in [1.807, 2.05) is 6.92 Å². The molecule has 1 heterocycles. The van der Waals surface area contributed by atoms with Gasteiger partial charge < -0.3 is 10.1 Å². The monoisotopic (exact) mass is 335 g/mol. The number of benzene rings is 1. The molecule has 0 aliphatic carbocycles. The number of anilines is 1. The van der Waals surface area contributed by atoms with Gasteiger partial charge in [0.25, 0.3) is 0 Å². The highest BCUT2D eigenvalue weighted by atomic mass is 32.1. The van der Waals surface area contributed by atoms with E-state index in [4.69, 9.17) is 4.74 Å². The summed E-state index contributed by atoms with van der Waals surface area (Å²) in [7, 11) is 0. The van der Waals surface area contributed by atoms with Crippen LogP contribution in [-0.4, -0.2) is 22.8 Å². The molecule has 120 valence electrons. The second kappa shape index (κ2) is 6.91. The number of alkyl halides is 3. The Bertz CT molecular complexity index is 617. The first-order valence-electron chi connectivity index (χ1n) is 6.45. The number of ether oxygens (including phenoxy) is 1. The van der Waals surface area contributed by atoms with E-state index in [2.05, 4.69) is 15.5 Å². The van der Waals surface area contributed by atoms with E-state index in [0.717, 1.165) is 0 Å². The van der Waals surface area contributed by atoms with Crippen molar-refractivity contribution < 1.29 is 22.3 Å². The molecule has 1 aromatic heterocycles. The molecule has 0 fully saturated rings. The summed E-state index contributed by atoms with van der Waals surface area (Å²) in [6.07, 6.45) is -4.24. The fourth-order valence-corrected chi connectivity index (χ4v) is 2.23. The average Bonchev–Trinajstić information content (AvgIpc) is 2.92. The zero-order valence-electron chi connectivity index (χ0n) is 11.5. The Morgan fingerprint density at radius 3 is 2.68 bits per heavy atom. The van der Waals surface area contributed by atoms with Crippen LogP contribution in [0.25, 0.3) is 0 Å². The summed E-state index contributed by atoms with van der Waals surface area (Å²) < 4.78 is 55.9. The van der Waals surface area contributed by atoms with Gasteiger partial charge in [-0.25, -0.2) is 4.39 Å². The van der Waals surface area contributed by atoms with Crippen LogP contribution in [0.5, 0.6) is 5.75 Å². The first-order valence-corrected chi connectivity index (χ1v) is 7.27. The first kappa shape index (κ1) is 16.5. The number of rotatable bonds is 6. The molecular weight excluding hydrogens is 322 g/mol. The molecule has 0 saturated carbocycles. The predicted molar refractivity (Wildman–Crippen MR) is 74.5 cm³/mol. The number of hydrogen-bond acceptors (Lipinski definition) is 5. The third kappa shape index (κ3) is 4.55. The third-order valence-electron chi connectivity index (χ3n) is 2.70. The van der Waals surface area contributed by atoms with Crippen LogP contribution in [0.1, 0.15) is 18.4 Å². The molecule has 2 rings (SSSR count). The van der Waals surface area contributed by atoms with Gasteiger partial charge in [0.2, 0.25) is 10.1 Å². The molecule has 2 aromatic rings. The molecule has 4 nitrogen and oxygen atoms in total. The summed E-state index contributed by atoms with van der Waals surface area (Å²) in [4.78, 5) is 0. The van der Waals surface area contributed by atoms with Crippen molar-refractivity contribution in [2.45, 2.75) is 25.6 Å². The summed E-state index contributed by atoms with van der Waals surface area (Å²) in [5.74, 6) is -0.0545. The number of hydrogen-bond donors (Lipinski definition) is 1. The number of aromatic nitrogens is 2. The van der Waals surface area contributed by atoms with E-state index in [0.29, 0.717) is 23.5 Å². The fraction of sp³-hybridized carbons (Fsp3) is 0.385. The molecule has 0 saturated heterocycles. The Hall–Kier alpha value is -1.90. The van der Waals surface area contributed by atoms with Crippen LogP contribution in [0.3, 0.4) is 0 Å². The quantitative estimate of drug-likeness (QED) is 0.812. The number of nitrogens with zero attached hydrogens (tertiary/aromatic N) is 2. The minimum Gasteiger partial charge on any atom is -0.489 e. The van der Waals surface area contributed by atoms with Gasteiger partial charge in [-0.05, 0) is 18.6 Å². The molecule has 0 aliphatic rings. The minimum absolute atomic E-state index is 0.0635. The van der Waals surface area contributed by atoms with Crippen LogP contribution < -0.4 is 10.1 Å². The summed E-state index contributed by atoms with van der Waals surface area (Å²) in [6, 6.07) is 5.67. The Morgan fingerprint density at radius 2 is 2.09 bits per heavy atom. The fourth-order valence-electron chi connectivity index (χ4n) is 1.61. The zero-order valence-corrected chi connectivity index (χ0v) is 12.3. The van der Waals surface area contributed by atoms with Gasteiger partial charge in [-0.15, -0.1) is 10.2 Å². The Balaban J connectivity index is 1.92. The second-order valence-electron chi connectivity index (χ2n) is 4.40. The molecule has 1 N–H and O–H groups in total. The molecular formula is C13H13F4N3OS.